The topological polar surface area (TPSA) is 33.1 Å². The maximum Gasteiger partial charge on any atom is 0.118 e. The molecule has 1 heterocycles. The summed E-state index contributed by atoms with van der Waals surface area (Å²) < 4.78 is 0. The SMILES string of the molecule is OCc1nc(C2CCCCCC2)cs1. The van der Waals surface area contributed by atoms with Gasteiger partial charge in [0.15, 0.2) is 0 Å². The Morgan fingerprint density at radius 3 is 2.57 bits per heavy atom. The minimum absolute atomic E-state index is 0.0946. The van der Waals surface area contributed by atoms with Crippen molar-refractivity contribution in [1.82, 2.24) is 4.98 Å². The molecule has 0 aromatic carbocycles. The van der Waals surface area contributed by atoms with E-state index in [-0.39, 0.29) is 6.61 Å². The lowest BCUT2D eigenvalue weighted by Crippen LogP contribution is -1.97. The molecule has 1 fully saturated rings. The van der Waals surface area contributed by atoms with Crippen molar-refractivity contribution >= 4 is 11.3 Å². The highest BCUT2D eigenvalue weighted by Crippen LogP contribution is 2.31. The molecule has 78 valence electrons. The average molecular weight is 211 g/mol. The first kappa shape index (κ1) is 10.1. The van der Waals surface area contributed by atoms with E-state index in [0.717, 1.165) is 5.01 Å². The van der Waals surface area contributed by atoms with E-state index in [0.29, 0.717) is 5.92 Å². The number of nitrogens with zero attached hydrogens (tertiary/aromatic N) is 1. The molecule has 2 rings (SSSR count). The van der Waals surface area contributed by atoms with Crippen LogP contribution in [0.4, 0.5) is 0 Å². The molecule has 1 N–H and O–H groups in total. The Bertz CT molecular complexity index is 277. The Morgan fingerprint density at radius 1 is 1.29 bits per heavy atom. The van der Waals surface area contributed by atoms with Gasteiger partial charge in [0.2, 0.25) is 0 Å². The molecular formula is C11H17NOS. The highest BCUT2D eigenvalue weighted by atomic mass is 32.1. The second-order valence-corrected chi connectivity index (χ2v) is 4.96. The molecular weight excluding hydrogens is 194 g/mol. The number of aromatic nitrogens is 1. The first-order chi connectivity index (χ1) is 6.90. The van der Waals surface area contributed by atoms with Crippen molar-refractivity contribution in [1.29, 1.82) is 0 Å². The van der Waals surface area contributed by atoms with Crippen molar-refractivity contribution in [3.8, 4) is 0 Å². The highest BCUT2D eigenvalue weighted by Gasteiger charge is 2.16. The summed E-state index contributed by atoms with van der Waals surface area (Å²) in [5.41, 5.74) is 1.22. The lowest BCUT2D eigenvalue weighted by molar-refractivity contribution is 0.280. The van der Waals surface area contributed by atoms with Crippen LogP contribution in [0.3, 0.4) is 0 Å². The van der Waals surface area contributed by atoms with Gasteiger partial charge in [0, 0.05) is 11.3 Å². The van der Waals surface area contributed by atoms with Crippen molar-refractivity contribution in [2.45, 2.75) is 51.0 Å². The largest absolute Gasteiger partial charge is 0.389 e. The van der Waals surface area contributed by atoms with E-state index in [9.17, 15) is 0 Å². The van der Waals surface area contributed by atoms with Crippen molar-refractivity contribution in [2.24, 2.45) is 0 Å². The first-order valence-electron chi connectivity index (χ1n) is 5.45. The molecule has 1 saturated carbocycles. The Hall–Kier alpha value is -0.410. The molecule has 0 radical (unpaired) electrons. The first-order valence-corrected chi connectivity index (χ1v) is 6.33. The third-order valence-corrected chi connectivity index (χ3v) is 3.83. The third-order valence-electron chi connectivity index (χ3n) is 2.98. The summed E-state index contributed by atoms with van der Waals surface area (Å²) in [4.78, 5) is 4.46. The summed E-state index contributed by atoms with van der Waals surface area (Å²) in [5.74, 6) is 0.661. The molecule has 0 unspecified atom stereocenters. The van der Waals surface area contributed by atoms with Crippen LogP contribution in [0.2, 0.25) is 0 Å². The van der Waals surface area contributed by atoms with Gasteiger partial charge in [-0.3, -0.25) is 0 Å². The van der Waals surface area contributed by atoms with E-state index in [1.54, 1.807) is 11.3 Å². The van der Waals surface area contributed by atoms with E-state index < -0.39 is 0 Å². The Morgan fingerprint density at radius 2 is 2.00 bits per heavy atom. The molecule has 1 aromatic heterocycles. The molecule has 0 spiro atoms. The fourth-order valence-electron chi connectivity index (χ4n) is 2.16. The zero-order valence-electron chi connectivity index (χ0n) is 8.41. The molecule has 1 aliphatic carbocycles. The molecule has 14 heavy (non-hydrogen) atoms. The van der Waals surface area contributed by atoms with Gasteiger partial charge in [0.25, 0.3) is 0 Å². The van der Waals surface area contributed by atoms with E-state index >= 15 is 0 Å². The molecule has 3 heteroatoms. The van der Waals surface area contributed by atoms with Gasteiger partial charge in [-0.25, -0.2) is 4.98 Å². The highest BCUT2D eigenvalue weighted by molar-refractivity contribution is 7.09. The molecule has 0 amide bonds. The van der Waals surface area contributed by atoms with E-state index in [1.165, 1.54) is 44.2 Å². The average Bonchev–Trinajstić information content (AvgIpc) is 2.53. The summed E-state index contributed by atoms with van der Waals surface area (Å²) >= 11 is 1.59. The van der Waals surface area contributed by atoms with E-state index in [4.69, 9.17) is 5.11 Å². The van der Waals surface area contributed by atoms with Crippen LogP contribution in [0.15, 0.2) is 5.38 Å². The standard InChI is InChI=1S/C11H17NOS/c13-7-11-12-10(8-14-11)9-5-3-1-2-4-6-9/h8-9,13H,1-7H2. The summed E-state index contributed by atoms with van der Waals surface area (Å²) in [6, 6.07) is 0. The summed E-state index contributed by atoms with van der Waals surface area (Å²) in [7, 11) is 0. The Kier molecular flexibility index (Phi) is 3.54. The Balaban J connectivity index is 2.04. The fourth-order valence-corrected chi connectivity index (χ4v) is 2.89. The van der Waals surface area contributed by atoms with Crippen LogP contribution in [0.25, 0.3) is 0 Å². The van der Waals surface area contributed by atoms with Crippen molar-refractivity contribution < 1.29 is 5.11 Å². The summed E-state index contributed by atoms with van der Waals surface area (Å²) in [5, 5.41) is 11.9. The minimum Gasteiger partial charge on any atom is -0.389 e. The Labute approximate surface area is 89.0 Å². The van der Waals surface area contributed by atoms with Crippen molar-refractivity contribution in [3.05, 3.63) is 16.1 Å². The minimum atomic E-state index is 0.0946. The van der Waals surface area contributed by atoms with E-state index in [2.05, 4.69) is 10.4 Å². The molecule has 0 bridgehead atoms. The van der Waals surface area contributed by atoms with Gasteiger partial charge in [-0.05, 0) is 12.8 Å². The van der Waals surface area contributed by atoms with Crippen molar-refractivity contribution in [2.75, 3.05) is 0 Å². The van der Waals surface area contributed by atoms with Gasteiger partial charge < -0.3 is 5.11 Å². The smallest absolute Gasteiger partial charge is 0.118 e. The van der Waals surface area contributed by atoms with Crippen LogP contribution >= 0.6 is 11.3 Å². The number of aliphatic hydroxyl groups excluding tert-OH is 1. The lowest BCUT2D eigenvalue weighted by Gasteiger charge is -2.09. The van der Waals surface area contributed by atoms with Crippen LogP contribution in [-0.4, -0.2) is 10.1 Å². The zero-order valence-corrected chi connectivity index (χ0v) is 9.22. The molecule has 0 aliphatic heterocycles. The van der Waals surface area contributed by atoms with Crippen LogP contribution in [0.1, 0.15) is 55.1 Å². The number of hydrogen-bond donors (Lipinski definition) is 1. The van der Waals surface area contributed by atoms with Gasteiger partial charge in [0.05, 0.1) is 12.3 Å². The van der Waals surface area contributed by atoms with Crippen LogP contribution < -0.4 is 0 Å². The molecule has 1 aromatic rings. The molecule has 1 aliphatic rings. The maximum atomic E-state index is 8.95. The molecule has 0 saturated heterocycles. The van der Waals surface area contributed by atoms with Gasteiger partial charge >= 0.3 is 0 Å². The lowest BCUT2D eigenvalue weighted by atomic mass is 9.98. The quantitative estimate of drug-likeness (QED) is 0.763. The van der Waals surface area contributed by atoms with E-state index in [1.807, 2.05) is 0 Å². The van der Waals surface area contributed by atoms with Gasteiger partial charge in [-0.1, -0.05) is 25.7 Å². The maximum absolute atomic E-state index is 8.95. The van der Waals surface area contributed by atoms with Gasteiger partial charge in [-0.15, -0.1) is 11.3 Å². The monoisotopic (exact) mass is 211 g/mol. The normalized spacial score (nSPS) is 19.5. The van der Waals surface area contributed by atoms with Gasteiger partial charge in [-0.2, -0.15) is 0 Å². The summed E-state index contributed by atoms with van der Waals surface area (Å²) in [6.45, 7) is 0.0946. The number of aliphatic hydroxyl groups is 1. The van der Waals surface area contributed by atoms with Crippen molar-refractivity contribution in [3.63, 3.8) is 0 Å². The third kappa shape index (κ3) is 2.34. The van der Waals surface area contributed by atoms with Crippen LogP contribution in [0, 0.1) is 0 Å². The second-order valence-electron chi connectivity index (χ2n) is 4.01. The number of thiazole rings is 1. The van der Waals surface area contributed by atoms with Gasteiger partial charge in [0.1, 0.15) is 5.01 Å². The predicted octanol–water partition coefficient (Wildman–Crippen LogP) is 3.07. The number of rotatable bonds is 2. The molecule has 0 atom stereocenters. The zero-order chi connectivity index (χ0) is 9.80. The predicted molar refractivity (Wildman–Crippen MR) is 58.5 cm³/mol. The summed E-state index contributed by atoms with van der Waals surface area (Å²) in [6.07, 6.45) is 8.03. The molecule has 2 nitrogen and oxygen atoms in total. The van der Waals surface area contributed by atoms with Crippen LogP contribution in [-0.2, 0) is 6.61 Å². The second kappa shape index (κ2) is 4.89. The van der Waals surface area contributed by atoms with Crippen LogP contribution in [0.5, 0.6) is 0 Å². The number of hydrogen-bond acceptors (Lipinski definition) is 3. The fraction of sp³-hybridized carbons (Fsp3) is 0.727.